The zero-order valence-electron chi connectivity index (χ0n) is 23.6. The van der Waals surface area contributed by atoms with Crippen molar-refractivity contribution in [1.82, 2.24) is 4.98 Å². The fourth-order valence-corrected chi connectivity index (χ4v) is 8.44. The number of cyclic esters (lactones) is 2. The summed E-state index contributed by atoms with van der Waals surface area (Å²) in [5, 5.41) is 9.81. The van der Waals surface area contributed by atoms with Crippen LogP contribution in [-0.4, -0.2) is 28.6 Å². The smallest absolute Gasteiger partial charge is 0.340 e. The number of nitrogens with zero attached hydrogens (tertiary/aromatic N) is 1. The van der Waals surface area contributed by atoms with E-state index in [1.807, 2.05) is 12.1 Å². The third-order valence-corrected chi connectivity index (χ3v) is 9.86. The zero-order chi connectivity index (χ0) is 28.0. The standard InChI is InChI=1S/C33H40N2O5/c1-3-5-9-24-23-12-11-22-21-13-15-33(29(22)28(23)31(37)39-24)25(10-6-4-2)40-32(38)30(33)27(21)20(8-7-17-36)19-14-16-35-26(34)18-19/h9-10,14,16,18,20-22,29,36H,3-8,11-13,15,17H2,1-2H3,(H2,34,35). The van der Waals surface area contributed by atoms with Crippen LogP contribution in [0.1, 0.15) is 89.5 Å². The molecule has 2 bridgehead atoms. The SMILES string of the molecule is CCCC=C1OC(=O)C2=C1CCC1C3CCC4(C(=CCCC)OC(=O)C4=C3C(CCCO)c3ccnc(N)c3)C21. The number of fused-ring (bicyclic) bond motifs is 1. The summed E-state index contributed by atoms with van der Waals surface area (Å²) in [6, 6.07) is 3.88. The summed E-state index contributed by atoms with van der Waals surface area (Å²) >= 11 is 0. The highest BCUT2D eigenvalue weighted by Crippen LogP contribution is 2.71. The van der Waals surface area contributed by atoms with Gasteiger partial charge in [-0.3, -0.25) is 0 Å². The molecule has 3 heterocycles. The topological polar surface area (TPSA) is 112 Å². The summed E-state index contributed by atoms with van der Waals surface area (Å²) in [5.74, 6) is 1.49. The normalized spacial score (nSPS) is 31.4. The van der Waals surface area contributed by atoms with E-state index in [4.69, 9.17) is 15.2 Å². The second kappa shape index (κ2) is 10.7. The number of nitrogens with two attached hydrogens (primary N) is 1. The Hall–Kier alpha value is -3.19. The molecule has 0 amide bonds. The number of hydrogen-bond acceptors (Lipinski definition) is 7. The first-order chi connectivity index (χ1) is 19.5. The predicted octanol–water partition coefficient (Wildman–Crippen LogP) is 6.03. The van der Waals surface area contributed by atoms with E-state index in [1.165, 1.54) is 0 Å². The number of rotatable bonds is 9. The third kappa shape index (κ3) is 3.99. The monoisotopic (exact) mass is 544 g/mol. The Bertz CT molecular complexity index is 1350. The fourth-order valence-electron chi connectivity index (χ4n) is 8.44. The molecule has 1 spiro atoms. The molecule has 6 aliphatic rings. The van der Waals surface area contributed by atoms with E-state index in [9.17, 15) is 14.7 Å². The maximum atomic E-state index is 14.0. The first-order valence-electron chi connectivity index (χ1n) is 15.1. The lowest BCUT2D eigenvalue weighted by molar-refractivity contribution is -0.135. The molecular formula is C33H40N2O5. The van der Waals surface area contributed by atoms with Gasteiger partial charge >= 0.3 is 11.9 Å². The van der Waals surface area contributed by atoms with Gasteiger partial charge in [0.1, 0.15) is 17.3 Å². The van der Waals surface area contributed by atoms with Gasteiger partial charge in [-0.2, -0.15) is 0 Å². The van der Waals surface area contributed by atoms with Gasteiger partial charge in [0.15, 0.2) is 0 Å². The Labute approximate surface area is 236 Å². The van der Waals surface area contributed by atoms with E-state index in [0.29, 0.717) is 18.7 Å². The number of allylic oxidation sites excluding steroid dienone is 5. The molecule has 1 saturated carbocycles. The molecule has 0 radical (unpaired) electrons. The summed E-state index contributed by atoms with van der Waals surface area (Å²) in [7, 11) is 0. The Balaban J connectivity index is 1.59. The van der Waals surface area contributed by atoms with Crippen molar-refractivity contribution in [3.63, 3.8) is 0 Å². The molecule has 3 N–H and O–H groups in total. The van der Waals surface area contributed by atoms with Gasteiger partial charge in [0.2, 0.25) is 0 Å². The van der Waals surface area contributed by atoms with Gasteiger partial charge in [-0.25, -0.2) is 14.6 Å². The van der Waals surface area contributed by atoms with E-state index in [-0.39, 0.29) is 42.2 Å². The van der Waals surface area contributed by atoms with Crippen molar-refractivity contribution in [2.24, 2.45) is 23.2 Å². The number of pyridine rings is 1. The van der Waals surface area contributed by atoms with Crippen LogP contribution in [0, 0.1) is 23.2 Å². The summed E-state index contributed by atoms with van der Waals surface area (Å²) in [4.78, 5) is 31.8. The molecule has 2 fully saturated rings. The molecule has 40 heavy (non-hydrogen) atoms. The van der Waals surface area contributed by atoms with Crippen molar-refractivity contribution < 1.29 is 24.2 Å². The first kappa shape index (κ1) is 27.0. The summed E-state index contributed by atoms with van der Waals surface area (Å²) in [6.45, 7) is 4.31. The van der Waals surface area contributed by atoms with Crippen molar-refractivity contribution in [3.8, 4) is 0 Å². The fraction of sp³-hybridized carbons (Fsp3) is 0.545. The van der Waals surface area contributed by atoms with E-state index >= 15 is 0 Å². The second-order valence-electron chi connectivity index (χ2n) is 11.9. The molecule has 5 unspecified atom stereocenters. The Morgan fingerprint density at radius 1 is 1.15 bits per heavy atom. The van der Waals surface area contributed by atoms with Gasteiger partial charge < -0.3 is 20.3 Å². The number of carbonyl (C=O) groups excluding carboxylic acids is 2. The molecule has 4 aliphatic carbocycles. The first-order valence-corrected chi connectivity index (χ1v) is 15.1. The van der Waals surface area contributed by atoms with E-state index in [1.54, 1.807) is 6.20 Å². The van der Waals surface area contributed by atoms with Crippen molar-refractivity contribution in [2.45, 2.75) is 84.0 Å². The number of aliphatic hydroxyl groups excluding tert-OH is 1. The molecule has 1 aromatic heterocycles. The van der Waals surface area contributed by atoms with Gasteiger partial charge in [-0.1, -0.05) is 26.7 Å². The summed E-state index contributed by atoms with van der Waals surface area (Å²) in [5.41, 5.74) is 10.2. The highest BCUT2D eigenvalue weighted by molar-refractivity contribution is 6.00. The number of anilines is 1. The van der Waals surface area contributed by atoms with Crippen molar-refractivity contribution >= 4 is 17.8 Å². The molecule has 212 valence electrons. The van der Waals surface area contributed by atoms with Crippen LogP contribution in [0.15, 0.2) is 64.3 Å². The van der Waals surface area contributed by atoms with E-state index < -0.39 is 5.41 Å². The highest BCUT2D eigenvalue weighted by atomic mass is 16.5. The van der Waals surface area contributed by atoms with Crippen LogP contribution in [-0.2, 0) is 19.1 Å². The van der Waals surface area contributed by atoms with Gasteiger partial charge in [0, 0.05) is 35.8 Å². The molecule has 7 nitrogen and oxygen atoms in total. The number of esters is 2. The van der Waals surface area contributed by atoms with Crippen molar-refractivity contribution in [2.75, 3.05) is 12.3 Å². The summed E-state index contributed by atoms with van der Waals surface area (Å²) in [6.07, 6.45) is 14.2. The van der Waals surface area contributed by atoms with Gasteiger partial charge in [-0.05, 0) is 98.6 Å². The highest BCUT2D eigenvalue weighted by Gasteiger charge is 2.68. The lowest BCUT2D eigenvalue weighted by atomic mass is 9.43. The van der Waals surface area contributed by atoms with Crippen molar-refractivity contribution in [1.29, 1.82) is 0 Å². The number of ether oxygens (including phenoxy) is 2. The zero-order valence-corrected chi connectivity index (χ0v) is 23.6. The van der Waals surface area contributed by atoms with Crippen LogP contribution in [0.25, 0.3) is 0 Å². The van der Waals surface area contributed by atoms with Crippen LogP contribution < -0.4 is 5.73 Å². The molecule has 2 aliphatic heterocycles. The minimum absolute atomic E-state index is 0.0720. The third-order valence-electron chi connectivity index (χ3n) is 9.86. The van der Waals surface area contributed by atoms with Crippen LogP contribution in [0.4, 0.5) is 5.82 Å². The molecule has 7 rings (SSSR count). The van der Waals surface area contributed by atoms with Gasteiger partial charge in [0.05, 0.1) is 11.0 Å². The van der Waals surface area contributed by atoms with Crippen LogP contribution >= 0.6 is 0 Å². The van der Waals surface area contributed by atoms with Gasteiger partial charge in [0.25, 0.3) is 0 Å². The largest absolute Gasteiger partial charge is 0.427 e. The van der Waals surface area contributed by atoms with Crippen LogP contribution in [0.5, 0.6) is 0 Å². The van der Waals surface area contributed by atoms with Crippen LogP contribution in [0.2, 0.25) is 0 Å². The second-order valence-corrected chi connectivity index (χ2v) is 11.9. The average Bonchev–Trinajstić information content (AvgIpc) is 3.44. The minimum atomic E-state index is -0.669. The molecular weight excluding hydrogens is 504 g/mol. The number of nitrogen functional groups attached to an aromatic ring is 1. The number of unbranched alkanes of at least 4 members (excludes halogenated alkanes) is 2. The number of carbonyl (C=O) groups is 2. The lowest BCUT2D eigenvalue weighted by Gasteiger charge is -2.57. The van der Waals surface area contributed by atoms with Crippen LogP contribution in [0.3, 0.4) is 0 Å². The molecule has 7 heteroatoms. The number of aromatic nitrogens is 1. The Kier molecular flexibility index (Phi) is 7.19. The molecule has 5 atom stereocenters. The maximum Gasteiger partial charge on any atom is 0.340 e. The molecule has 0 aromatic carbocycles. The van der Waals surface area contributed by atoms with E-state index in [0.717, 1.165) is 90.7 Å². The lowest BCUT2D eigenvalue weighted by Crippen LogP contribution is -2.53. The Morgan fingerprint density at radius 2 is 1.95 bits per heavy atom. The van der Waals surface area contributed by atoms with E-state index in [2.05, 4.69) is 31.0 Å². The predicted molar refractivity (Wildman–Crippen MR) is 151 cm³/mol. The van der Waals surface area contributed by atoms with Gasteiger partial charge in [-0.15, -0.1) is 0 Å². The van der Waals surface area contributed by atoms with Crippen molar-refractivity contribution in [3.05, 3.63) is 69.9 Å². The number of hydrogen-bond donors (Lipinski definition) is 2. The quantitative estimate of drug-likeness (QED) is 0.365. The summed E-state index contributed by atoms with van der Waals surface area (Å²) < 4.78 is 12.1. The minimum Gasteiger partial charge on any atom is -0.427 e. The molecule has 1 saturated heterocycles. The maximum absolute atomic E-state index is 14.0. The average molecular weight is 545 g/mol. The Morgan fingerprint density at radius 3 is 2.70 bits per heavy atom. The molecule has 1 aromatic rings. The number of aliphatic hydroxyl groups is 1.